The molecule has 5 heteroatoms. The van der Waals surface area contributed by atoms with E-state index in [-0.39, 0.29) is 17.9 Å². The maximum atomic E-state index is 11.9. The van der Waals surface area contributed by atoms with Crippen molar-refractivity contribution in [1.82, 2.24) is 5.32 Å². The molecule has 1 aliphatic heterocycles. The Morgan fingerprint density at radius 2 is 2.18 bits per heavy atom. The van der Waals surface area contributed by atoms with E-state index in [9.17, 15) is 4.79 Å². The van der Waals surface area contributed by atoms with Gasteiger partial charge in [0.2, 0.25) is 0 Å². The molecule has 17 heavy (non-hydrogen) atoms. The average molecular weight is 243 g/mol. The van der Waals surface area contributed by atoms with Gasteiger partial charge in [0, 0.05) is 18.9 Å². The fourth-order valence-corrected chi connectivity index (χ4v) is 2.76. The summed E-state index contributed by atoms with van der Waals surface area (Å²) in [5.41, 5.74) is 0. The minimum Gasteiger partial charge on any atom is -0.466 e. The van der Waals surface area contributed by atoms with Gasteiger partial charge in [0.05, 0.1) is 25.7 Å². The van der Waals surface area contributed by atoms with Crippen LogP contribution in [0.25, 0.3) is 0 Å². The molecule has 1 heterocycles. The average Bonchev–Trinajstić information content (AvgIpc) is 2.78. The highest BCUT2D eigenvalue weighted by molar-refractivity contribution is 5.73. The second kappa shape index (κ2) is 5.33. The standard InChI is InChI=1S/C12H21NO4/c1-3-15-11(14)9-8-12(16-6-7-17-12)5-4-10(9)13-2/h9-10,13H,3-8H2,1-2H3/t9-,10+/m1/s1. The van der Waals surface area contributed by atoms with Crippen molar-refractivity contribution in [2.75, 3.05) is 26.9 Å². The van der Waals surface area contributed by atoms with E-state index in [4.69, 9.17) is 14.2 Å². The molecule has 0 aromatic rings. The number of hydrogen-bond donors (Lipinski definition) is 1. The van der Waals surface area contributed by atoms with Crippen LogP contribution < -0.4 is 5.32 Å². The van der Waals surface area contributed by atoms with Gasteiger partial charge in [0.25, 0.3) is 0 Å². The molecule has 1 aliphatic carbocycles. The van der Waals surface area contributed by atoms with E-state index in [2.05, 4.69) is 5.32 Å². The number of nitrogens with one attached hydrogen (secondary N) is 1. The lowest BCUT2D eigenvalue weighted by Gasteiger charge is -2.39. The number of hydrogen-bond acceptors (Lipinski definition) is 5. The molecule has 0 radical (unpaired) electrons. The van der Waals surface area contributed by atoms with Crippen molar-refractivity contribution in [2.45, 2.75) is 38.0 Å². The van der Waals surface area contributed by atoms with Gasteiger partial charge in [-0.05, 0) is 20.4 Å². The summed E-state index contributed by atoms with van der Waals surface area (Å²) in [6.07, 6.45) is 2.31. The molecule has 1 saturated carbocycles. The minimum absolute atomic E-state index is 0.148. The molecule has 0 bridgehead atoms. The lowest BCUT2D eigenvalue weighted by Crippen LogP contribution is -2.50. The third kappa shape index (κ3) is 2.61. The Balaban J connectivity index is 2.05. The van der Waals surface area contributed by atoms with E-state index in [1.807, 2.05) is 14.0 Å². The molecule has 0 aromatic carbocycles. The molecule has 98 valence electrons. The highest BCUT2D eigenvalue weighted by Crippen LogP contribution is 2.39. The summed E-state index contributed by atoms with van der Waals surface area (Å²) in [5, 5.41) is 3.19. The van der Waals surface area contributed by atoms with Gasteiger partial charge in [0.15, 0.2) is 5.79 Å². The summed E-state index contributed by atoms with van der Waals surface area (Å²) in [4.78, 5) is 11.9. The molecule has 1 N–H and O–H groups in total. The van der Waals surface area contributed by atoms with E-state index >= 15 is 0 Å². The van der Waals surface area contributed by atoms with E-state index < -0.39 is 5.79 Å². The summed E-state index contributed by atoms with van der Waals surface area (Å²) in [7, 11) is 1.88. The van der Waals surface area contributed by atoms with Crippen LogP contribution in [0.1, 0.15) is 26.2 Å². The normalized spacial score (nSPS) is 31.6. The molecule has 0 amide bonds. The maximum Gasteiger partial charge on any atom is 0.310 e. The first kappa shape index (κ1) is 12.8. The number of esters is 1. The summed E-state index contributed by atoms with van der Waals surface area (Å²) in [6.45, 7) is 3.49. The van der Waals surface area contributed by atoms with Crippen LogP contribution in [-0.2, 0) is 19.0 Å². The molecule has 2 atom stereocenters. The van der Waals surface area contributed by atoms with Gasteiger partial charge in [-0.3, -0.25) is 4.79 Å². The van der Waals surface area contributed by atoms with Crippen LogP contribution in [0.15, 0.2) is 0 Å². The zero-order valence-electron chi connectivity index (χ0n) is 10.5. The van der Waals surface area contributed by atoms with Crippen molar-refractivity contribution in [3.63, 3.8) is 0 Å². The van der Waals surface area contributed by atoms with Gasteiger partial charge in [-0.2, -0.15) is 0 Å². The Morgan fingerprint density at radius 1 is 1.47 bits per heavy atom. The molecular weight excluding hydrogens is 222 g/mol. The van der Waals surface area contributed by atoms with Crippen molar-refractivity contribution >= 4 is 5.97 Å². The summed E-state index contributed by atoms with van der Waals surface area (Å²) in [5.74, 6) is -0.859. The van der Waals surface area contributed by atoms with Gasteiger partial charge >= 0.3 is 5.97 Å². The molecule has 1 spiro atoms. The SMILES string of the molecule is CCOC(=O)[C@@H]1CC2(CC[C@@H]1NC)OCCO2. The molecule has 0 unspecified atom stereocenters. The lowest BCUT2D eigenvalue weighted by molar-refractivity contribution is -0.198. The quantitative estimate of drug-likeness (QED) is 0.739. The van der Waals surface area contributed by atoms with Crippen molar-refractivity contribution in [2.24, 2.45) is 5.92 Å². The first-order valence-corrected chi connectivity index (χ1v) is 6.32. The van der Waals surface area contributed by atoms with Gasteiger partial charge in [-0.15, -0.1) is 0 Å². The zero-order valence-corrected chi connectivity index (χ0v) is 10.5. The van der Waals surface area contributed by atoms with Crippen LogP contribution in [0.5, 0.6) is 0 Å². The predicted molar refractivity (Wildman–Crippen MR) is 61.5 cm³/mol. The summed E-state index contributed by atoms with van der Waals surface area (Å²) < 4.78 is 16.5. The van der Waals surface area contributed by atoms with Crippen molar-refractivity contribution in [1.29, 1.82) is 0 Å². The first-order valence-electron chi connectivity index (χ1n) is 6.32. The maximum absolute atomic E-state index is 11.9. The van der Waals surface area contributed by atoms with E-state index in [1.165, 1.54) is 0 Å². The molecule has 0 aromatic heterocycles. The summed E-state index contributed by atoms with van der Waals surface area (Å²) in [6, 6.07) is 0.160. The zero-order chi connectivity index (χ0) is 12.3. The van der Waals surface area contributed by atoms with Gasteiger partial charge < -0.3 is 19.5 Å². The van der Waals surface area contributed by atoms with E-state index in [1.54, 1.807) is 0 Å². The lowest BCUT2D eigenvalue weighted by atomic mass is 9.80. The Bertz CT molecular complexity index is 276. The van der Waals surface area contributed by atoms with E-state index in [0.717, 1.165) is 12.8 Å². The topological polar surface area (TPSA) is 56.8 Å². The van der Waals surface area contributed by atoms with Crippen molar-refractivity contribution in [3.8, 4) is 0 Å². The molecule has 2 aliphatic rings. The largest absolute Gasteiger partial charge is 0.466 e. The first-order chi connectivity index (χ1) is 8.21. The van der Waals surface area contributed by atoms with E-state index in [0.29, 0.717) is 26.2 Å². The second-order valence-electron chi connectivity index (χ2n) is 4.60. The van der Waals surface area contributed by atoms with Crippen LogP contribution in [0.2, 0.25) is 0 Å². The van der Waals surface area contributed by atoms with Crippen LogP contribution in [0.3, 0.4) is 0 Å². The monoisotopic (exact) mass is 243 g/mol. The Labute approximate surface area is 102 Å². The second-order valence-corrected chi connectivity index (χ2v) is 4.60. The molecule has 5 nitrogen and oxygen atoms in total. The minimum atomic E-state index is -0.537. The molecular formula is C12H21NO4. The molecule has 1 saturated heterocycles. The highest BCUT2D eigenvalue weighted by atomic mass is 16.7. The fourth-order valence-electron chi connectivity index (χ4n) is 2.76. The predicted octanol–water partition coefficient (Wildman–Crippen LogP) is 0.681. The number of rotatable bonds is 3. The molecule has 2 fully saturated rings. The van der Waals surface area contributed by atoms with Crippen LogP contribution >= 0.6 is 0 Å². The number of carbonyl (C=O) groups excluding carboxylic acids is 1. The van der Waals surface area contributed by atoms with Crippen LogP contribution in [0, 0.1) is 5.92 Å². The Morgan fingerprint density at radius 3 is 2.76 bits per heavy atom. The smallest absolute Gasteiger partial charge is 0.310 e. The molecule has 2 rings (SSSR count). The third-order valence-corrected chi connectivity index (χ3v) is 3.63. The van der Waals surface area contributed by atoms with Crippen LogP contribution in [0.4, 0.5) is 0 Å². The Hall–Kier alpha value is -0.650. The van der Waals surface area contributed by atoms with Crippen molar-refractivity contribution < 1.29 is 19.0 Å². The van der Waals surface area contributed by atoms with Gasteiger partial charge in [-0.1, -0.05) is 0 Å². The summed E-state index contributed by atoms with van der Waals surface area (Å²) >= 11 is 0. The van der Waals surface area contributed by atoms with Gasteiger partial charge in [-0.25, -0.2) is 0 Å². The fraction of sp³-hybridized carbons (Fsp3) is 0.917. The number of ether oxygens (including phenoxy) is 3. The van der Waals surface area contributed by atoms with Crippen molar-refractivity contribution in [3.05, 3.63) is 0 Å². The highest BCUT2D eigenvalue weighted by Gasteiger charge is 2.47. The number of carbonyl (C=O) groups is 1. The third-order valence-electron chi connectivity index (χ3n) is 3.63. The van der Waals surface area contributed by atoms with Crippen LogP contribution in [-0.4, -0.2) is 44.7 Å². The van der Waals surface area contributed by atoms with Gasteiger partial charge in [0.1, 0.15) is 0 Å². The Kier molecular flexibility index (Phi) is 4.01.